The van der Waals surface area contributed by atoms with Crippen LogP contribution >= 0.6 is 24.0 Å². The number of rotatable bonds is 10. The van der Waals surface area contributed by atoms with Crippen molar-refractivity contribution in [3.05, 3.63) is 29.6 Å². The van der Waals surface area contributed by atoms with E-state index in [0.717, 1.165) is 18.5 Å². The van der Waals surface area contributed by atoms with Crippen LogP contribution in [0.15, 0.2) is 23.2 Å². The lowest BCUT2D eigenvalue weighted by atomic mass is 10.1. The fourth-order valence-corrected chi connectivity index (χ4v) is 3.37. The number of aliphatic hydroxyl groups excluding tert-OH is 1. The van der Waals surface area contributed by atoms with Crippen molar-refractivity contribution in [1.82, 2.24) is 5.32 Å². The maximum absolute atomic E-state index is 14.4. The van der Waals surface area contributed by atoms with Gasteiger partial charge in [0.05, 0.1) is 18.3 Å². The molecule has 1 aromatic rings. The van der Waals surface area contributed by atoms with E-state index in [1.165, 1.54) is 38.2 Å². The summed E-state index contributed by atoms with van der Waals surface area (Å²) in [6.45, 7) is 4.79. The number of unbranched alkanes of at least 4 members (excludes halogenated alkanes) is 5. The molecular weight excluding hydrogens is 470 g/mol. The molecule has 0 bridgehead atoms. The Labute approximate surface area is 186 Å². The van der Waals surface area contributed by atoms with Crippen molar-refractivity contribution in [3.63, 3.8) is 0 Å². The fourth-order valence-electron chi connectivity index (χ4n) is 3.37. The lowest BCUT2D eigenvalue weighted by molar-refractivity contribution is 0.145. The number of aliphatic imine (C=N–C) groups is 1. The van der Waals surface area contributed by atoms with Gasteiger partial charge in [0.25, 0.3) is 0 Å². The van der Waals surface area contributed by atoms with Gasteiger partial charge in [-0.25, -0.2) is 9.38 Å². The largest absolute Gasteiger partial charge is 0.393 e. The van der Waals surface area contributed by atoms with E-state index < -0.39 is 0 Å². The number of hydrogen-bond donors (Lipinski definition) is 3. The summed E-state index contributed by atoms with van der Waals surface area (Å²) >= 11 is 0. The molecule has 0 spiro atoms. The predicted molar refractivity (Wildman–Crippen MR) is 126 cm³/mol. The van der Waals surface area contributed by atoms with Gasteiger partial charge < -0.3 is 21.1 Å². The third kappa shape index (κ3) is 8.94. The Kier molecular flexibility index (Phi) is 12.5. The van der Waals surface area contributed by atoms with E-state index in [-0.39, 0.29) is 35.9 Å². The molecule has 5 nitrogen and oxygen atoms in total. The average molecular weight is 506 g/mol. The van der Waals surface area contributed by atoms with E-state index >= 15 is 0 Å². The summed E-state index contributed by atoms with van der Waals surface area (Å²) in [7, 11) is 0. The van der Waals surface area contributed by atoms with Crippen LogP contribution in [0.4, 0.5) is 10.1 Å². The molecule has 0 atom stereocenters. The van der Waals surface area contributed by atoms with Gasteiger partial charge in [-0.3, -0.25) is 0 Å². The Morgan fingerprint density at radius 2 is 1.89 bits per heavy atom. The van der Waals surface area contributed by atoms with Gasteiger partial charge >= 0.3 is 0 Å². The van der Waals surface area contributed by atoms with Gasteiger partial charge in [0, 0.05) is 19.6 Å². The molecule has 0 saturated carbocycles. The summed E-state index contributed by atoms with van der Waals surface area (Å²) in [5.41, 5.74) is 7.30. The first kappa shape index (κ1) is 24.9. The zero-order valence-corrected chi connectivity index (χ0v) is 19.3. The number of aliphatic hydroxyl groups is 1. The Bertz CT molecular complexity index is 592. The Hall–Kier alpha value is -1.09. The molecule has 0 unspecified atom stereocenters. The SMILES string of the molecule is CCCCCCCCNC(N)=NCc1ccc(N2CCC(O)CC2)c(F)c1.I. The van der Waals surface area contributed by atoms with Gasteiger partial charge in [0.1, 0.15) is 5.82 Å². The van der Waals surface area contributed by atoms with Crippen molar-refractivity contribution in [2.75, 3.05) is 24.5 Å². The number of anilines is 1. The van der Waals surface area contributed by atoms with E-state index in [1.807, 2.05) is 11.0 Å². The molecule has 160 valence electrons. The first-order chi connectivity index (χ1) is 13.1. The van der Waals surface area contributed by atoms with Crippen LogP contribution in [-0.2, 0) is 6.54 Å². The van der Waals surface area contributed by atoms with E-state index in [4.69, 9.17) is 5.73 Å². The summed E-state index contributed by atoms with van der Waals surface area (Å²) < 4.78 is 14.4. The number of nitrogens with two attached hydrogens (primary N) is 1. The van der Waals surface area contributed by atoms with Gasteiger partial charge in [0.15, 0.2) is 5.96 Å². The van der Waals surface area contributed by atoms with Crippen LogP contribution in [-0.4, -0.2) is 36.8 Å². The van der Waals surface area contributed by atoms with Crippen LogP contribution in [0, 0.1) is 5.82 Å². The summed E-state index contributed by atoms with van der Waals surface area (Å²) in [6.07, 6.45) is 8.57. The van der Waals surface area contributed by atoms with Crippen LogP contribution in [0.1, 0.15) is 63.9 Å². The molecule has 28 heavy (non-hydrogen) atoms. The normalized spacial score (nSPS) is 15.4. The van der Waals surface area contributed by atoms with Gasteiger partial charge in [-0.1, -0.05) is 45.1 Å². The highest BCUT2D eigenvalue weighted by Crippen LogP contribution is 2.24. The van der Waals surface area contributed by atoms with Crippen LogP contribution in [0.5, 0.6) is 0 Å². The van der Waals surface area contributed by atoms with E-state index in [0.29, 0.717) is 44.1 Å². The molecular formula is C21H36FIN4O. The molecule has 0 aliphatic carbocycles. The van der Waals surface area contributed by atoms with Crippen molar-refractivity contribution in [1.29, 1.82) is 0 Å². The first-order valence-corrected chi connectivity index (χ1v) is 10.4. The Morgan fingerprint density at radius 1 is 1.21 bits per heavy atom. The van der Waals surface area contributed by atoms with Crippen molar-refractivity contribution < 1.29 is 9.50 Å². The molecule has 0 aromatic heterocycles. The quantitative estimate of drug-likeness (QED) is 0.193. The summed E-state index contributed by atoms with van der Waals surface area (Å²) in [6, 6.07) is 5.23. The monoisotopic (exact) mass is 506 g/mol. The first-order valence-electron chi connectivity index (χ1n) is 10.4. The molecule has 1 aliphatic rings. The molecule has 4 N–H and O–H groups in total. The topological polar surface area (TPSA) is 73.9 Å². The summed E-state index contributed by atoms with van der Waals surface area (Å²) in [5.74, 6) is 0.177. The molecule has 1 saturated heterocycles. The minimum absolute atomic E-state index is 0. The second-order valence-corrected chi connectivity index (χ2v) is 7.40. The number of piperidine rings is 1. The lowest BCUT2D eigenvalue weighted by Gasteiger charge is -2.31. The van der Waals surface area contributed by atoms with Crippen molar-refractivity contribution in [3.8, 4) is 0 Å². The second kappa shape index (κ2) is 14.0. The van der Waals surface area contributed by atoms with Crippen LogP contribution < -0.4 is 16.0 Å². The molecule has 0 amide bonds. The van der Waals surface area contributed by atoms with Crippen molar-refractivity contribution >= 4 is 35.6 Å². The number of nitrogens with one attached hydrogen (secondary N) is 1. The lowest BCUT2D eigenvalue weighted by Crippen LogP contribution is -2.36. The average Bonchev–Trinajstić information content (AvgIpc) is 2.66. The molecule has 1 aliphatic heterocycles. The van der Waals surface area contributed by atoms with Crippen molar-refractivity contribution in [2.24, 2.45) is 10.7 Å². The van der Waals surface area contributed by atoms with Gasteiger partial charge in [-0.15, -0.1) is 24.0 Å². The Balaban J connectivity index is 0.00000392. The maximum Gasteiger partial charge on any atom is 0.188 e. The number of nitrogens with zero attached hydrogens (tertiary/aromatic N) is 2. The van der Waals surface area contributed by atoms with Gasteiger partial charge in [-0.2, -0.15) is 0 Å². The highest BCUT2D eigenvalue weighted by atomic mass is 127. The van der Waals surface area contributed by atoms with E-state index in [9.17, 15) is 9.50 Å². The highest BCUT2D eigenvalue weighted by Gasteiger charge is 2.19. The smallest absolute Gasteiger partial charge is 0.188 e. The van der Waals surface area contributed by atoms with Crippen molar-refractivity contribution in [2.45, 2.75) is 70.9 Å². The highest BCUT2D eigenvalue weighted by molar-refractivity contribution is 14.0. The van der Waals surface area contributed by atoms with E-state index in [2.05, 4.69) is 17.2 Å². The van der Waals surface area contributed by atoms with Gasteiger partial charge in [0.2, 0.25) is 0 Å². The minimum Gasteiger partial charge on any atom is -0.393 e. The Morgan fingerprint density at radius 3 is 2.57 bits per heavy atom. The number of guanidine groups is 1. The zero-order chi connectivity index (χ0) is 19.5. The molecule has 2 rings (SSSR count). The maximum atomic E-state index is 14.4. The minimum atomic E-state index is -0.260. The van der Waals surface area contributed by atoms with E-state index in [1.54, 1.807) is 6.07 Å². The second-order valence-electron chi connectivity index (χ2n) is 7.40. The predicted octanol–water partition coefficient (Wildman–Crippen LogP) is 4.17. The zero-order valence-electron chi connectivity index (χ0n) is 17.0. The van der Waals surface area contributed by atoms with Crippen LogP contribution in [0.3, 0.4) is 0 Å². The summed E-state index contributed by atoms with van der Waals surface area (Å²) in [5, 5.41) is 12.7. The third-order valence-corrected chi connectivity index (χ3v) is 5.09. The molecule has 1 heterocycles. The fraction of sp³-hybridized carbons (Fsp3) is 0.667. The number of halogens is 2. The molecule has 7 heteroatoms. The van der Waals surface area contributed by atoms with Crippen LogP contribution in [0.25, 0.3) is 0 Å². The molecule has 1 aromatic carbocycles. The third-order valence-electron chi connectivity index (χ3n) is 5.09. The number of hydrogen-bond acceptors (Lipinski definition) is 3. The van der Waals surface area contributed by atoms with Gasteiger partial charge in [-0.05, 0) is 37.0 Å². The summed E-state index contributed by atoms with van der Waals surface area (Å²) in [4.78, 5) is 6.30. The molecule has 1 fully saturated rings. The number of benzene rings is 1. The molecule has 0 radical (unpaired) electrons. The standard InChI is InChI=1S/C21H35FN4O.HI/c1-2-3-4-5-6-7-12-24-21(23)25-16-17-8-9-20(19(22)15-17)26-13-10-18(27)11-14-26;/h8-9,15,18,27H,2-7,10-14,16H2,1H3,(H3,23,24,25);1H. The van der Waals surface area contributed by atoms with Crippen LogP contribution in [0.2, 0.25) is 0 Å².